The first-order valence-electron chi connectivity index (χ1n) is 7.41. The monoisotopic (exact) mass is 396 g/mol. The molecular formula is C15H11F3N6O2S. The van der Waals surface area contributed by atoms with E-state index < -0.39 is 24.5 Å². The SMILES string of the molecule is O=C(Nc1ccc(-n2nnc(C(=O)NCC(F)(F)F)n2)cc1)c1ccsc1. The molecule has 2 heterocycles. The topological polar surface area (TPSA) is 102 Å². The Hall–Kier alpha value is -3.28. The summed E-state index contributed by atoms with van der Waals surface area (Å²) < 4.78 is 36.3. The molecule has 2 aromatic heterocycles. The fraction of sp³-hybridized carbons (Fsp3) is 0.133. The molecule has 3 rings (SSSR count). The van der Waals surface area contributed by atoms with Crippen molar-refractivity contribution < 1.29 is 22.8 Å². The van der Waals surface area contributed by atoms with Crippen molar-refractivity contribution in [2.24, 2.45) is 0 Å². The number of halogens is 3. The molecule has 0 atom stereocenters. The van der Waals surface area contributed by atoms with E-state index in [9.17, 15) is 22.8 Å². The Morgan fingerprint density at radius 2 is 1.85 bits per heavy atom. The molecule has 0 saturated heterocycles. The third kappa shape index (κ3) is 4.88. The lowest BCUT2D eigenvalue weighted by atomic mass is 10.2. The van der Waals surface area contributed by atoms with E-state index in [2.05, 4.69) is 20.7 Å². The van der Waals surface area contributed by atoms with Gasteiger partial charge in [0.05, 0.1) is 11.3 Å². The van der Waals surface area contributed by atoms with E-state index in [1.165, 1.54) is 11.3 Å². The fourth-order valence-corrected chi connectivity index (χ4v) is 2.59. The van der Waals surface area contributed by atoms with Gasteiger partial charge in [-0.2, -0.15) is 24.5 Å². The minimum absolute atomic E-state index is 0.258. The van der Waals surface area contributed by atoms with E-state index in [4.69, 9.17) is 0 Å². The summed E-state index contributed by atoms with van der Waals surface area (Å²) in [5, 5.41) is 18.7. The van der Waals surface area contributed by atoms with E-state index >= 15 is 0 Å². The van der Waals surface area contributed by atoms with Gasteiger partial charge in [0.1, 0.15) is 6.54 Å². The normalized spacial score (nSPS) is 11.2. The molecule has 2 N–H and O–H groups in total. The first-order valence-corrected chi connectivity index (χ1v) is 8.35. The predicted octanol–water partition coefficient (Wildman–Crippen LogP) is 2.27. The molecule has 0 bridgehead atoms. The van der Waals surface area contributed by atoms with Crippen LogP contribution in [0.5, 0.6) is 0 Å². The van der Waals surface area contributed by atoms with Crippen LogP contribution in [0.15, 0.2) is 41.1 Å². The minimum atomic E-state index is -4.53. The summed E-state index contributed by atoms with van der Waals surface area (Å²) >= 11 is 1.40. The summed E-state index contributed by atoms with van der Waals surface area (Å²) in [5.74, 6) is -1.83. The Kier molecular flexibility index (Phi) is 5.16. The summed E-state index contributed by atoms with van der Waals surface area (Å²) in [6.07, 6.45) is -4.53. The molecule has 0 spiro atoms. The van der Waals surface area contributed by atoms with E-state index in [-0.39, 0.29) is 5.91 Å². The van der Waals surface area contributed by atoms with Crippen molar-refractivity contribution in [1.82, 2.24) is 25.5 Å². The number of nitrogens with zero attached hydrogens (tertiary/aromatic N) is 4. The number of alkyl halides is 3. The van der Waals surface area contributed by atoms with Crippen molar-refractivity contribution >= 4 is 28.8 Å². The van der Waals surface area contributed by atoms with Crippen LogP contribution in [0.3, 0.4) is 0 Å². The molecule has 140 valence electrons. The van der Waals surface area contributed by atoms with Crippen LogP contribution in [0.4, 0.5) is 18.9 Å². The maximum absolute atomic E-state index is 12.1. The van der Waals surface area contributed by atoms with Gasteiger partial charge in [0, 0.05) is 11.1 Å². The Balaban J connectivity index is 1.64. The second-order valence-corrected chi connectivity index (χ2v) is 5.99. The lowest BCUT2D eigenvalue weighted by Crippen LogP contribution is -2.34. The van der Waals surface area contributed by atoms with Gasteiger partial charge in [-0.15, -0.1) is 15.0 Å². The van der Waals surface area contributed by atoms with E-state index in [0.717, 1.165) is 4.80 Å². The molecular weight excluding hydrogens is 385 g/mol. The van der Waals surface area contributed by atoms with Crippen LogP contribution in [0.2, 0.25) is 0 Å². The molecule has 0 aliphatic carbocycles. The van der Waals surface area contributed by atoms with Crippen molar-refractivity contribution in [3.05, 3.63) is 52.5 Å². The number of aromatic nitrogens is 4. The molecule has 0 saturated carbocycles. The lowest BCUT2D eigenvalue weighted by molar-refractivity contribution is -0.123. The molecule has 12 heteroatoms. The highest BCUT2D eigenvalue weighted by molar-refractivity contribution is 7.08. The summed E-state index contributed by atoms with van der Waals surface area (Å²) in [6, 6.07) is 7.99. The standard InChI is InChI=1S/C15H11F3N6O2S/c16-15(17,18)8-19-14(26)12-21-23-24(22-12)11-3-1-10(2-4-11)20-13(25)9-5-6-27-7-9/h1-7H,8H2,(H,19,26)(H,20,25). The second-order valence-electron chi connectivity index (χ2n) is 5.21. The molecule has 0 radical (unpaired) electrons. The van der Waals surface area contributed by atoms with Crippen LogP contribution >= 0.6 is 11.3 Å². The first kappa shape index (κ1) is 18.5. The Morgan fingerprint density at radius 3 is 2.48 bits per heavy atom. The summed E-state index contributed by atoms with van der Waals surface area (Å²) in [4.78, 5) is 24.6. The van der Waals surface area contributed by atoms with Crippen LogP contribution in [0.1, 0.15) is 21.0 Å². The molecule has 27 heavy (non-hydrogen) atoms. The molecule has 8 nitrogen and oxygen atoms in total. The number of benzene rings is 1. The van der Waals surface area contributed by atoms with E-state index in [0.29, 0.717) is 16.9 Å². The van der Waals surface area contributed by atoms with Gasteiger partial charge in [0.25, 0.3) is 17.6 Å². The van der Waals surface area contributed by atoms with Gasteiger partial charge in [-0.25, -0.2) is 0 Å². The number of carbonyl (C=O) groups is 2. The first-order chi connectivity index (χ1) is 12.8. The van der Waals surface area contributed by atoms with Gasteiger partial charge < -0.3 is 10.6 Å². The van der Waals surface area contributed by atoms with Crippen LogP contribution in [0.25, 0.3) is 5.69 Å². The number of hydrogen-bond donors (Lipinski definition) is 2. The van der Waals surface area contributed by atoms with Crippen molar-refractivity contribution in [2.75, 3.05) is 11.9 Å². The third-order valence-corrected chi connectivity index (χ3v) is 3.89. The number of carbonyl (C=O) groups excluding carboxylic acids is 2. The van der Waals surface area contributed by atoms with E-state index in [1.807, 2.05) is 0 Å². The molecule has 2 amide bonds. The molecule has 0 fully saturated rings. The third-order valence-electron chi connectivity index (χ3n) is 3.21. The van der Waals surface area contributed by atoms with Crippen molar-refractivity contribution in [3.63, 3.8) is 0 Å². The Labute approximate surface area is 154 Å². The van der Waals surface area contributed by atoms with Crippen molar-refractivity contribution in [2.45, 2.75) is 6.18 Å². The molecule has 3 aromatic rings. The molecule has 0 aliphatic heterocycles. The number of anilines is 1. The summed E-state index contributed by atoms with van der Waals surface area (Å²) in [5.41, 5.74) is 1.47. The number of tetrazole rings is 1. The maximum atomic E-state index is 12.1. The number of nitrogens with one attached hydrogen (secondary N) is 2. The summed E-state index contributed by atoms with van der Waals surface area (Å²) in [7, 11) is 0. The van der Waals surface area contributed by atoms with Crippen LogP contribution in [-0.4, -0.2) is 44.7 Å². The zero-order chi connectivity index (χ0) is 19.4. The van der Waals surface area contributed by atoms with Gasteiger partial charge in [-0.05, 0) is 40.9 Å². The van der Waals surface area contributed by atoms with Crippen LogP contribution in [-0.2, 0) is 0 Å². The highest BCUT2D eigenvalue weighted by Crippen LogP contribution is 2.15. The number of thiophene rings is 1. The Bertz CT molecular complexity index is 937. The second kappa shape index (κ2) is 7.53. The highest BCUT2D eigenvalue weighted by Gasteiger charge is 2.28. The van der Waals surface area contributed by atoms with E-state index in [1.54, 1.807) is 46.4 Å². The smallest absolute Gasteiger partial charge is 0.340 e. The average molecular weight is 396 g/mol. The largest absolute Gasteiger partial charge is 0.405 e. The molecule has 0 unspecified atom stereocenters. The van der Waals surface area contributed by atoms with Crippen molar-refractivity contribution in [3.8, 4) is 5.69 Å². The highest BCUT2D eigenvalue weighted by atomic mass is 32.1. The lowest BCUT2D eigenvalue weighted by Gasteiger charge is -2.06. The predicted molar refractivity (Wildman–Crippen MR) is 89.8 cm³/mol. The number of hydrogen-bond acceptors (Lipinski definition) is 6. The van der Waals surface area contributed by atoms with Gasteiger partial charge in [0.2, 0.25) is 0 Å². The van der Waals surface area contributed by atoms with Crippen LogP contribution in [0, 0.1) is 0 Å². The minimum Gasteiger partial charge on any atom is -0.340 e. The average Bonchev–Trinajstić information content (AvgIpc) is 3.31. The zero-order valence-electron chi connectivity index (χ0n) is 13.4. The van der Waals surface area contributed by atoms with Gasteiger partial charge in [-0.3, -0.25) is 9.59 Å². The Morgan fingerprint density at radius 1 is 1.11 bits per heavy atom. The quantitative estimate of drug-likeness (QED) is 0.689. The molecule has 0 aliphatic rings. The van der Waals surface area contributed by atoms with Gasteiger partial charge >= 0.3 is 6.18 Å². The maximum Gasteiger partial charge on any atom is 0.405 e. The van der Waals surface area contributed by atoms with Crippen LogP contribution < -0.4 is 10.6 Å². The van der Waals surface area contributed by atoms with Gasteiger partial charge in [0.15, 0.2) is 0 Å². The molecule has 1 aromatic carbocycles. The number of rotatable bonds is 5. The number of amides is 2. The zero-order valence-corrected chi connectivity index (χ0v) is 14.2. The summed E-state index contributed by atoms with van der Waals surface area (Å²) in [6.45, 7) is -1.49. The van der Waals surface area contributed by atoms with Crippen molar-refractivity contribution in [1.29, 1.82) is 0 Å². The van der Waals surface area contributed by atoms with Gasteiger partial charge in [-0.1, -0.05) is 0 Å². The fourth-order valence-electron chi connectivity index (χ4n) is 1.95.